The number of nitrogens with zero attached hydrogens (tertiary/aromatic N) is 6. The SMILES string of the molecule is COc1cccc(-c2nnc(CS(=O)(=O)[C@@H](C)[C@@H](OC)C3CC(C)(C)C3)n2-c2c(OC)ncnc2OC)n1. The Morgan fingerprint density at radius 2 is 1.68 bits per heavy atom. The van der Waals surface area contributed by atoms with Gasteiger partial charge in [0, 0.05) is 13.2 Å². The zero-order valence-electron chi connectivity index (χ0n) is 22.7. The van der Waals surface area contributed by atoms with Gasteiger partial charge in [0.2, 0.25) is 17.6 Å². The molecule has 13 heteroatoms. The van der Waals surface area contributed by atoms with Crippen molar-refractivity contribution >= 4 is 9.84 Å². The zero-order chi connectivity index (χ0) is 27.7. The molecule has 0 aliphatic heterocycles. The maximum absolute atomic E-state index is 13.8. The van der Waals surface area contributed by atoms with E-state index in [0.29, 0.717) is 11.6 Å². The Balaban J connectivity index is 1.81. The van der Waals surface area contributed by atoms with E-state index in [4.69, 9.17) is 18.9 Å². The molecule has 0 radical (unpaired) electrons. The van der Waals surface area contributed by atoms with E-state index in [1.807, 2.05) is 0 Å². The van der Waals surface area contributed by atoms with Crippen LogP contribution in [0.15, 0.2) is 24.5 Å². The van der Waals surface area contributed by atoms with Crippen molar-refractivity contribution in [3.63, 3.8) is 0 Å². The van der Waals surface area contributed by atoms with Crippen LogP contribution >= 0.6 is 0 Å². The molecular formula is C25H34N6O6S. The Labute approximate surface area is 222 Å². The minimum Gasteiger partial charge on any atom is -0.481 e. The maximum Gasteiger partial charge on any atom is 0.245 e. The van der Waals surface area contributed by atoms with Crippen LogP contribution in [0.25, 0.3) is 17.2 Å². The van der Waals surface area contributed by atoms with Gasteiger partial charge in [-0.2, -0.15) is 9.97 Å². The number of sulfone groups is 1. The molecule has 1 aliphatic rings. The van der Waals surface area contributed by atoms with Crippen molar-refractivity contribution in [2.24, 2.45) is 11.3 Å². The first-order valence-electron chi connectivity index (χ1n) is 12.2. The highest BCUT2D eigenvalue weighted by molar-refractivity contribution is 7.91. The van der Waals surface area contributed by atoms with Crippen molar-refractivity contribution in [3.05, 3.63) is 30.4 Å². The molecule has 206 valence electrons. The van der Waals surface area contributed by atoms with Crippen LogP contribution in [0.1, 0.15) is 39.4 Å². The Kier molecular flexibility index (Phi) is 7.88. The quantitative estimate of drug-likeness (QED) is 0.350. The van der Waals surface area contributed by atoms with Gasteiger partial charge in [-0.15, -0.1) is 10.2 Å². The van der Waals surface area contributed by atoms with Crippen LogP contribution in [-0.2, 0) is 20.3 Å². The summed E-state index contributed by atoms with van der Waals surface area (Å²) < 4.78 is 51.0. The largest absolute Gasteiger partial charge is 0.481 e. The molecule has 0 unspecified atom stereocenters. The fraction of sp³-hybridized carbons (Fsp3) is 0.560. The molecular weight excluding hydrogens is 512 g/mol. The third kappa shape index (κ3) is 5.30. The van der Waals surface area contributed by atoms with Gasteiger partial charge < -0.3 is 18.9 Å². The molecule has 4 rings (SSSR count). The van der Waals surface area contributed by atoms with Crippen molar-refractivity contribution in [3.8, 4) is 34.8 Å². The van der Waals surface area contributed by atoms with Gasteiger partial charge in [-0.05, 0) is 37.2 Å². The zero-order valence-corrected chi connectivity index (χ0v) is 23.5. The number of pyridine rings is 1. The lowest BCUT2D eigenvalue weighted by atomic mass is 9.62. The van der Waals surface area contributed by atoms with Crippen LogP contribution < -0.4 is 14.2 Å². The number of hydrogen-bond donors (Lipinski definition) is 0. The van der Waals surface area contributed by atoms with Crippen molar-refractivity contribution in [2.75, 3.05) is 28.4 Å². The molecule has 2 atom stereocenters. The van der Waals surface area contributed by atoms with Crippen molar-refractivity contribution in [2.45, 2.75) is 50.7 Å². The summed E-state index contributed by atoms with van der Waals surface area (Å²) in [6.07, 6.45) is 2.66. The summed E-state index contributed by atoms with van der Waals surface area (Å²) in [6, 6.07) is 5.15. The van der Waals surface area contributed by atoms with E-state index in [-0.39, 0.29) is 40.4 Å². The second kappa shape index (κ2) is 10.8. The van der Waals surface area contributed by atoms with Gasteiger partial charge in [0.1, 0.15) is 17.8 Å². The van der Waals surface area contributed by atoms with Crippen LogP contribution in [0.3, 0.4) is 0 Å². The van der Waals surface area contributed by atoms with E-state index < -0.39 is 26.9 Å². The molecule has 1 saturated carbocycles. The minimum atomic E-state index is -3.75. The second-order valence-electron chi connectivity index (χ2n) is 10.1. The molecule has 3 aromatic rings. The standard InChI is InChI=1S/C25H34N6O6S/c1-15(21(35-5)16-11-25(2,3)12-16)38(32,33)13-18-29-30-22(17-9-8-10-19(28-17)34-4)31(18)20-23(36-6)26-14-27-24(20)37-7/h8-10,14-16,21H,11-13H2,1-7H3/t15-,21+/m0/s1. The fourth-order valence-electron chi connectivity index (χ4n) is 5.18. The lowest BCUT2D eigenvalue weighted by Gasteiger charge is -2.47. The molecule has 1 aliphatic carbocycles. The molecule has 0 spiro atoms. The van der Waals surface area contributed by atoms with E-state index in [2.05, 4.69) is 39.0 Å². The number of rotatable bonds is 11. The molecule has 0 amide bonds. The number of methoxy groups -OCH3 is 4. The van der Waals surface area contributed by atoms with Gasteiger partial charge >= 0.3 is 0 Å². The summed E-state index contributed by atoms with van der Waals surface area (Å²) in [5.74, 6) is 0.788. The Bertz CT molecular complexity index is 1360. The topological polar surface area (TPSA) is 140 Å². The van der Waals surface area contributed by atoms with Crippen LogP contribution in [0, 0.1) is 11.3 Å². The lowest BCUT2D eigenvalue weighted by Crippen LogP contribution is -2.47. The Morgan fingerprint density at radius 1 is 1.03 bits per heavy atom. The Hall–Kier alpha value is -3.32. The molecule has 0 aromatic carbocycles. The van der Waals surface area contributed by atoms with Gasteiger partial charge in [-0.25, -0.2) is 13.4 Å². The highest BCUT2D eigenvalue weighted by atomic mass is 32.2. The molecule has 0 bridgehead atoms. The van der Waals surface area contributed by atoms with Gasteiger partial charge in [0.25, 0.3) is 0 Å². The summed E-state index contributed by atoms with van der Waals surface area (Å²) in [5, 5.41) is 7.82. The van der Waals surface area contributed by atoms with E-state index in [1.165, 1.54) is 32.2 Å². The third-order valence-electron chi connectivity index (χ3n) is 6.98. The van der Waals surface area contributed by atoms with Crippen LogP contribution in [0.5, 0.6) is 17.6 Å². The van der Waals surface area contributed by atoms with Gasteiger partial charge in [-0.1, -0.05) is 19.9 Å². The van der Waals surface area contributed by atoms with Crippen LogP contribution in [-0.4, -0.2) is 77.9 Å². The Morgan fingerprint density at radius 3 is 2.24 bits per heavy atom. The first-order chi connectivity index (χ1) is 18.0. The van der Waals surface area contributed by atoms with E-state index in [9.17, 15) is 8.42 Å². The smallest absolute Gasteiger partial charge is 0.245 e. The summed E-state index contributed by atoms with van der Waals surface area (Å²) in [6.45, 7) is 6.04. The highest BCUT2D eigenvalue weighted by Crippen LogP contribution is 2.48. The second-order valence-corrected chi connectivity index (χ2v) is 12.5. The van der Waals surface area contributed by atoms with Gasteiger partial charge in [-0.3, -0.25) is 4.57 Å². The van der Waals surface area contributed by atoms with E-state index in [0.717, 1.165) is 12.8 Å². The van der Waals surface area contributed by atoms with Crippen LogP contribution in [0.2, 0.25) is 0 Å². The molecule has 0 saturated heterocycles. The first-order valence-corrected chi connectivity index (χ1v) is 13.9. The average Bonchev–Trinajstić information content (AvgIpc) is 3.29. The molecule has 38 heavy (non-hydrogen) atoms. The summed E-state index contributed by atoms with van der Waals surface area (Å²) in [7, 11) is 2.21. The molecule has 3 aromatic heterocycles. The van der Waals surface area contributed by atoms with Gasteiger partial charge in [0.05, 0.1) is 32.7 Å². The van der Waals surface area contributed by atoms with E-state index in [1.54, 1.807) is 32.2 Å². The number of hydrogen-bond acceptors (Lipinski definition) is 11. The average molecular weight is 547 g/mol. The predicted octanol–water partition coefficient (Wildman–Crippen LogP) is 2.90. The summed E-state index contributed by atoms with van der Waals surface area (Å²) in [5.41, 5.74) is 0.835. The minimum absolute atomic E-state index is 0.131. The molecule has 1 fully saturated rings. The maximum atomic E-state index is 13.8. The molecule has 0 N–H and O–H groups in total. The predicted molar refractivity (Wildman–Crippen MR) is 139 cm³/mol. The lowest BCUT2D eigenvalue weighted by molar-refractivity contribution is -0.0368. The molecule has 12 nitrogen and oxygen atoms in total. The van der Waals surface area contributed by atoms with Gasteiger partial charge in [0.15, 0.2) is 27.2 Å². The number of aromatic nitrogens is 6. The summed E-state index contributed by atoms with van der Waals surface area (Å²) in [4.78, 5) is 12.9. The van der Waals surface area contributed by atoms with Crippen molar-refractivity contribution in [1.29, 1.82) is 0 Å². The number of ether oxygens (including phenoxy) is 4. The third-order valence-corrected chi connectivity index (χ3v) is 9.04. The first kappa shape index (κ1) is 27.7. The highest BCUT2D eigenvalue weighted by Gasteiger charge is 2.45. The van der Waals surface area contributed by atoms with Crippen molar-refractivity contribution < 1.29 is 27.4 Å². The normalized spacial score (nSPS) is 16.9. The monoisotopic (exact) mass is 546 g/mol. The fourth-order valence-corrected chi connectivity index (χ4v) is 6.73. The molecule has 3 heterocycles. The van der Waals surface area contributed by atoms with E-state index >= 15 is 0 Å². The van der Waals surface area contributed by atoms with Crippen LogP contribution in [0.4, 0.5) is 0 Å². The van der Waals surface area contributed by atoms with Crippen molar-refractivity contribution in [1.82, 2.24) is 29.7 Å². The summed E-state index contributed by atoms with van der Waals surface area (Å²) >= 11 is 0.